The minimum Gasteiger partial charge on any atom is -0.321 e. The van der Waals surface area contributed by atoms with E-state index in [0.29, 0.717) is 15.6 Å². The van der Waals surface area contributed by atoms with Crippen LogP contribution in [0.15, 0.2) is 53.9 Å². The van der Waals surface area contributed by atoms with Crippen molar-refractivity contribution in [3.63, 3.8) is 0 Å². The third-order valence-electron chi connectivity index (χ3n) is 3.22. The molecule has 0 radical (unpaired) electrons. The molecule has 2 aromatic carbocycles. The maximum atomic E-state index is 12.0. The molecular weight excluding hydrogens is 335 g/mol. The molecule has 0 saturated carbocycles. The lowest BCUT2D eigenvalue weighted by Crippen LogP contribution is -2.22. The number of amides is 1. The molecule has 1 N–H and O–H groups in total. The Kier molecular flexibility index (Phi) is 4.60. The van der Waals surface area contributed by atoms with Crippen LogP contribution in [0, 0.1) is 0 Å². The third-order valence-corrected chi connectivity index (χ3v) is 3.88. The maximum absolute atomic E-state index is 12.0. The Morgan fingerprint density at radius 1 is 1.17 bits per heavy atom. The van der Waals surface area contributed by atoms with Crippen molar-refractivity contribution < 1.29 is 4.79 Å². The molecule has 0 aliphatic carbocycles. The number of benzene rings is 2. The van der Waals surface area contributed by atoms with Gasteiger partial charge in [-0.05, 0) is 24.3 Å². The largest absolute Gasteiger partial charge is 0.321 e. The second-order valence-corrected chi connectivity index (χ2v) is 5.60. The van der Waals surface area contributed by atoms with E-state index in [1.54, 1.807) is 29.1 Å². The van der Waals surface area contributed by atoms with Crippen molar-refractivity contribution in [3.05, 3.63) is 64.4 Å². The second-order valence-electron chi connectivity index (χ2n) is 4.79. The number of hydrogen-bond acceptors (Lipinski definition) is 3. The molecule has 0 aliphatic heterocycles. The maximum Gasteiger partial charge on any atom is 0.260 e. The topological polar surface area (TPSA) is 59.3 Å². The van der Waals surface area contributed by atoms with Crippen LogP contribution in [0.4, 0.5) is 0 Å². The summed E-state index contributed by atoms with van der Waals surface area (Å²) in [4.78, 5) is 16.2. The summed E-state index contributed by atoms with van der Waals surface area (Å²) in [7, 11) is 0. The fourth-order valence-corrected chi connectivity index (χ4v) is 2.62. The molecular formula is C16H12Cl2N4O. The molecule has 0 spiro atoms. The van der Waals surface area contributed by atoms with E-state index in [1.165, 1.54) is 6.21 Å². The summed E-state index contributed by atoms with van der Waals surface area (Å²) in [5.41, 5.74) is 4.74. The lowest BCUT2D eigenvalue weighted by molar-refractivity contribution is -0.121. The fraction of sp³-hybridized carbons (Fsp3) is 0.0625. The highest BCUT2D eigenvalue weighted by molar-refractivity contribution is 6.38. The Balaban J connectivity index is 1.67. The van der Waals surface area contributed by atoms with Gasteiger partial charge in [-0.2, -0.15) is 5.10 Å². The molecule has 0 aliphatic rings. The van der Waals surface area contributed by atoms with Gasteiger partial charge >= 0.3 is 0 Å². The van der Waals surface area contributed by atoms with Crippen LogP contribution in [0.25, 0.3) is 11.0 Å². The third kappa shape index (κ3) is 3.52. The normalized spacial score (nSPS) is 11.2. The zero-order valence-electron chi connectivity index (χ0n) is 11.9. The number of hydrogen-bond donors (Lipinski definition) is 1. The quantitative estimate of drug-likeness (QED) is 0.580. The number of aromatic nitrogens is 2. The van der Waals surface area contributed by atoms with Crippen molar-refractivity contribution in [2.75, 3.05) is 0 Å². The van der Waals surface area contributed by atoms with Crippen molar-refractivity contribution in [2.24, 2.45) is 5.10 Å². The summed E-state index contributed by atoms with van der Waals surface area (Å²) < 4.78 is 1.75. The molecule has 1 heterocycles. The highest BCUT2D eigenvalue weighted by Gasteiger charge is 2.06. The van der Waals surface area contributed by atoms with Crippen molar-refractivity contribution in [1.82, 2.24) is 15.0 Å². The minimum absolute atomic E-state index is 0.119. The minimum atomic E-state index is -0.271. The SMILES string of the molecule is O=C(Cn1cnc2ccccc21)N/N=C\c1c(Cl)cccc1Cl. The van der Waals surface area contributed by atoms with Crippen LogP contribution in [-0.2, 0) is 11.3 Å². The van der Waals surface area contributed by atoms with E-state index in [0.717, 1.165) is 11.0 Å². The summed E-state index contributed by atoms with van der Waals surface area (Å²) in [5.74, 6) is -0.271. The van der Waals surface area contributed by atoms with E-state index in [4.69, 9.17) is 23.2 Å². The van der Waals surface area contributed by atoms with Gasteiger partial charge in [0.25, 0.3) is 5.91 Å². The van der Waals surface area contributed by atoms with Crippen molar-refractivity contribution in [1.29, 1.82) is 0 Å². The number of para-hydroxylation sites is 2. The zero-order valence-corrected chi connectivity index (χ0v) is 13.4. The lowest BCUT2D eigenvalue weighted by Gasteiger charge is -2.03. The molecule has 7 heteroatoms. The fourth-order valence-electron chi connectivity index (χ4n) is 2.13. The molecule has 23 heavy (non-hydrogen) atoms. The van der Waals surface area contributed by atoms with Crippen LogP contribution in [0.5, 0.6) is 0 Å². The number of carbonyl (C=O) groups excluding carboxylic acids is 1. The van der Waals surface area contributed by atoms with Crippen LogP contribution in [0.3, 0.4) is 0 Å². The summed E-state index contributed by atoms with van der Waals surface area (Å²) in [6.45, 7) is 0.119. The molecule has 1 amide bonds. The predicted octanol–water partition coefficient (Wildman–Crippen LogP) is 3.49. The van der Waals surface area contributed by atoms with Gasteiger partial charge in [-0.1, -0.05) is 41.4 Å². The van der Waals surface area contributed by atoms with Crippen molar-refractivity contribution >= 4 is 46.4 Å². The first-order chi connectivity index (χ1) is 11.1. The van der Waals surface area contributed by atoms with Gasteiger partial charge in [0.2, 0.25) is 0 Å². The summed E-state index contributed by atoms with van der Waals surface area (Å²) in [6, 6.07) is 12.7. The van der Waals surface area contributed by atoms with Crippen LogP contribution in [0.1, 0.15) is 5.56 Å². The number of nitrogens with one attached hydrogen (secondary N) is 1. The number of fused-ring (bicyclic) bond motifs is 1. The summed E-state index contributed by atoms with van der Waals surface area (Å²) in [5, 5.41) is 4.83. The monoisotopic (exact) mass is 346 g/mol. The number of carbonyl (C=O) groups is 1. The van der Waals surface area contributed by atoms with Gasteiger partial charge in [0.1, 0.15) is 6.54 Å². The smallest absolute Gasteiger partial charge is 0.260 e. The van der Waals surface area contributed by atoms with Gasteiger partial charge in [-0.25, -0.2) is 10.4 Å². The Morgan fingerprint density at radius 2 is 1.91 bits per heavy atom. The van der Waals surface area contributed by atoms with E-state index in [-0.39, 0.29) is 12.5 Å². The molecule has 0 fully saturated rings. The Bertz CT molecular complexity index is 868. The van der Waals surface area contributed by atoms with Crippen LogP contribution < -0.4 is 5.43 Å². The summed E-state index contributed by atoms with van der Waals surface area (Å²) in [6.07, 6.45) is 3.05. The van der Waals surface area contributed by atoms with E-state index in [9.17, 15) is 4.79 Å². The zero-order chi connectivity index (χ0) is 16.2. The number of imidazole rings is 1. The first-order valence-corrected chi connectivity index (χ1v) is 7.56. The average molecular weight is 347 g/mol. The van der Waals surface area contributed by atoms with Gasteiger partial charge in [-0.3, -0.25) is 4.79 Å². The molecule has 0 atom stereocenters. The molecule has 1 aromatic heterocycles. The van der Waals surface area contributed by atoms with E-state index in [1.807, 2.05) is 24.3 Å². The van der Waals surface area contributed by atoms with E-state index >= 15 is 0 Å². The Hall–Kier alpha value is -2.37. The van der Waals surface area contributed by atoms with E-state index in [2.05, 4.69) is 15.5 Å². The summed E-state index contributed by atoms with van der Waals surface area (Å²) >= 11 is 12.0. The molecule has 0 saturated heterocycles. The van der Waals surface area contributed by atoms with Gasteiger partial charge in [0.05, 0.1) is 33.6 Å². The second kappa shape index (κ2) is 6.81. The molecule has 0 unspecified atom stereocenters. The van der Waals surface area contributed by atoms with Crippen LogP contribution in [-0.4, -0.2) is 21.7 Å². The standard InChI is InChI=1S/C16H12Cl2N4O/c17-12-4-3-5-13(18)11(12)8-20-21-16(23)9-22-10-19-14-6-1-2-7-15(14)22/h1-8,10H,9H2,(H,21,23)/b20-8-. The predicted molar refractivity (Wildman–Crippen MR) is 91.9 cm³/mol. The Morgan fingerprint density at radius 3 is 2.70 bits per heavy atom. The highest BCUT2D eigenvalue weighted by Crippen LogP contribution is 2.22. The molecule has 0 bridgehead atoms. The first kappa shape index (κ1) is 15.5. The first-order valence-electron chi connectivity index (χ1n) is 6.81. The molecule has 116 valence electrons. The average Bonchev–Trinajstić information content (AvgIpc) is 2.93. The number of hydrazone groups is 1. The Labute approximate surface area is 142 Å². The van der Waals surface area contributed by atoms with Gasteiger partial charge in [-0.15, -0.1) is 0 Å². The number of rotatable bonds is 4. The van der Waals surface area contributed by atoms with Crippen molar-refractivity contribution in [3.8, 4) is 0 Å². The van der Waals surface area contributed by atoms with Gasteiger partial charge < -0.3 is 4.57 Å². The molecule has 3 rings (SSSR count). The van der Waals surface area contributed by atoms with Crippen LogP contribution in [0.2, 0.25) is 10.0 Å². The lowest BCUT2D eigenvalue weighted by atomic mass is 10.2. The van der Waals surface area contributed by atoms with Crippen molar-refractivity contribution in [2.45, 2.75) is 6.54 Å². The molecule has 5 nitrogen and oxygen atoms in total. The van der Waals surface area contributed by atoms with E-state index < -0.39 is 0 Å². The number of nitrogens with zero attached hydrogens (tertiary/aromatic N) is 3. The van der Waals surface area contributed by atoms with Crippen LogP contribution >= 0.6 is 23.2 Å². The molecule has 3 aromatic rings. The van der Waals surface area contributed by atoms with Gasteiger partial charge in [0.15, 0.2) is 0 Å². The highest BCUT2D eigenvalue weighted by atomic mass is 35.5. The van der Waals surface area contributed by atoms with Gasteiger partial charge in [0, 0.05) is 5.56 Å². The number of halogens is 2.